The van der Waals surface area contributed by atoms with Crippen LogP contribution in [0, 0.1) is 11.8 Å². The number of amides is 1. The number of piperidine rings is 1. The summed E-state index contributed by atoms with van der Waals surface area (Å²) in [5, 5.41) is 0. The normalized spacial score (nSPS) is 20.7. The number of esters is 1. The molecule has 1 saturated carbocycles. The zero-order chi connectivity index (χ0) is 26.5. The molecule has 0 atom stereocenters. The first kappa shape index (κ1) is 26.6. The van der Waals surface area contributed by atoms with Gasteiger partial charge in [-0.3, -0.25) is 9.69 Å². The average molecular weight is 531 g/mol. The van der Waals surface area contributed by atoms with E-state index >= 15 is 0 Å². The van der Waals surface area contributed by atoms with Gasteiger partial charge in [0.05, 0.1) is 12.8 Å². The van der Waals surface area contributed by atoms with E-state index in [-0.39, 0.29) is 23.8 Å². The molecule has 1 aliphatic heterocycles. The van der Waals surface area contributed by atoms with Gasteiger partial charge in [-0.05, 0) is 61.6 Å². The Morgan fingerprint density at radius 2 is 1.55 bits per heavy atom. The van der Waals surface area contributed by atoms with Crippen LogP contribution in [-0.2, 0) is 16.1 Å². The van der Waals surface area contributed by atoms with Crippen LogP contribution in [0.15, 0.2) is 66.7 Å². The van der Waals surface area contributed by atoms with Crippen molar-refractivity contribution >= 4 is 28.9 Å². The van der Waals surface area contributed by atoms with Crippen molar-refractivity contribution in [3.05, 3.63) is 77.2 Å². The van der Waals surface area contributed by atoms with Gasteiger partial charge in [0.15, 0.2) is 0 Å². The Kier molecular flexibility index (Phi) is 8.60. The molecule has 1 amide bonds. The van der Waals surface area contributed by atoms with E-state index in [1.807, 2.05) is 41.3 Å². The highest BCUT2D eigenvalue weighted by Crippen LogP contribution is 2.41. The van der Waals surface area contributed by atoms with Crippen LogP contribution in [-0.4, -0.2) is 43.0 Å². The standard InChI is InChI=1S/C32H38N2O3S/c1-23-13-15-26(16-14-23)31(35)34(27-17-19-33(20-18-27)22-24-9-5-3-6-10-24)28-21-29(25-11-7-4-8-12-25)38-30(28)32(36)37-2/h3-12,21,23,26-27H,13-20,22H2,1-2H3. The van der Waals surface area contributed by atoms with Gasteiger partial charge in [0, 0.05) is 36.5 Å². The van der Waals surface area contributed by atoms with E-state index < -0.39 is 0 Å². The summed E-state index contributed by atoms with van der Waals surface area (Å²) in [6, 6.07) is 22.8. The number of thiophene rings is 1. The molecule has 1 saturated heterocycles. The largest absolute Gasteiger partial charge is 0.465 e. The first-order chi connectivity index (χ1) is 18.5. The van der Waals surface area contributed by atoms with E-state index in [0.717, 1.165) is 74.3 Å². The molecule has 0 radical (unpaired) electrons. The summed E-state index contributed by atoms with van der Waals surface area (Å²) in [5.74, 6) is 0.494. The quantitative estimate of drug-likeness (QED) is 0.308. The Bertz CT molecular complexity index is 1210. The summed E-state index contributed by atoms with van der Waals surface area (Å²) >= 11 is 1.43. The maximum Gasteiger partial charge on any atom is 0.350 e. The van der Waals surface area contributed by atoms with E-state index in [1.54, 1.807) is 0 Å². The van der Waals surface area contributed by atoms with Crippen LogP contribution >= 0.6 is 11.3 Å². The molecule has 38 heavy (non-hydrogen) atoms. The first-order valence-electron chi connectivity index (χ1n) is 13.9. The van der Waals surface area contributed by atoms with Gasteiger partial charge < -0.3 is 9.64 Å². The second-order valence-electron chi connectivity index (χ2n) is 10.8. The van der Waals surface area contributed by atoms with E-state index in [1.165, 1.54) is 24.0 Å². The number of benzene rings is 2. The van der Waals surface area contributed by atoms with E-state index in [0.29, 0.717) is 10.8 Å². The Hall–Kier alpha value is -2.96. The molecule has 200 valence electrons. The molecule has 1 aliphatic carbocycles. The number of rotatable bonds is 7. The molecule has 0 spiro atoms. The van der Waals surface area contributed by atoms with Gasteiger partial charge in [0.2, 0.25) is 5.91 Å². The van der Waals surface area contributed by atoms with Crippen molar-refractivity contribution < 1.29 is 14.3 Å². The molecule has 3 aromatic rings. The van der Waals surface area contributed by atoms with Gasteiger partial charge in [0.1, 0.15) is 4.88 Å². The highest BCUT2D eigenvalue weighted by Gasteiger charge is 2.37. The Labute approximate surface area is 230 Å². The SMILES string of the molecule is COC(=O)c1sc(-c2ccccc2)cc1N(C(=O)C1CCC(C)CC1)C1CCN(Cc2ccccc2)CC1. The second kappa shape index (κ2) is 12.3. The molecular weight excluding hydrogens is 492 g/mol. The number of anilines is 1. The number of likely N-dealkylation sites (tertiary alicyclic amines) is 1. The fourth-order valence-electron chi connectivity index (χ4n) is 5.92. The highest BCUT2D eigenvalue weighted by molar-refractivity contribution is 7.18. The molecule has 2 aromatic carbocycles. The van der Waals surface area contributed by atoms with Crippen molar-refractivity contribution in [2.75, 3.05) is 25.1 Å². The molecule has 0 unspecified atom stereocenters. The summed E-state index contributed by atoms with van der Waals surface area (Å²) < 4.78 is 5.21. The van der Waals surface area contributed by atoms with Crippen LogP contribution in [0.5, 0.6) is 0 Å². The van der Waals surface area contributed by atoms with E-state index in [2.05, 4.69) is 42.2 Å². The molecule has 2 aliphatic rings. The van der Waals surface area contributed by atoms with Crippen molar-refractivity contribution in [2.24, 2.45) is 11.8 Å². The van der Waals surface area contributed by atoms with Crippen molar-refractivity contribution in [1.29, 1.82) is 0 Å². The van der Waals surface area contributed by atoms with Crippen LogP contribution in [0.2, 0.25) is 0 Å². The lowest BCUT2D eigenvalue weighted by Gasteiger charge is -2.40. The Balaban J connectivity index is 1.45. The summed E-state index contributed by atoms with van der Waals surface area (Å²) in [7, 11) is 1.42. The highest BCUT2D eigenvalue weighted by atomic mass is 32.1. The third kappa shape index (κ3) is 6.02. The second-order valence-corrected chi connectivity index (χ2v) is 11.9. The zero-order valence-corrected chi connectivity index (χ0v) is 23.3. The predicted molar refractivity (Wildman–Crippen MR) is 154 cm³/mol. The molecule has 0 N–H and O–H groups in total. The number of hydrogen-bond acceptors (Lipinski definition) is 5. The van der Waals surface area contributed by atoms with Gasteiger partial charge >= 0.3 is 5.97 Å². The van der Waals surface area contributed by atoms with Crippen LogP contribution in [0.25, 0.3) is 10.4 Å². The first-order valence-corrected chi connectivity index (χ1v) is 14.7. The monoisotopic (exact) mass is 530 g/mol. The van der Waals surface area contributed by atoms with Crippen LogP contribution < -0.4 is 4.90 Å². The van der Waals surface area contributed by atoms with E-state index in [9.17, 15) is 9.59 Å². The minimum atomic E-state index is -0.372. The molecule has 5 rings (SSSR count). The average Bonchev–Trinajstić information content (AvgIpc) is 3.40. The summed E-state index contributed by atoms with van der Waals surface area (Å²) in [5.41, 5.74) is 3.09. The fourth-order valence-corrected chi connectivity index (χ4v) is 6.99. The number of carbonyl (C=O) groups excluding carboxylic acids is 2. The van der Waals surface area contributed by atoms with Gasteiger partial charge in [-0.15, -0.1) is 11.3 Å². The van der Waals surface area contributed by atoms with Crippen LogP contribution in [0.3, 0.4) is 0 Å². The number of carbonyl (C=O) groups is 2. The maximum absolute atomic E-state index is 14.3. The lowest BCUT2D eigenvalue weighted by Crippen LogP contribution is -2.50. The van der Waals surface area contributed by atoms with Gasteiger partial charge in [-0.1, -0.05) is 67.6 Å². The van der Waals surface area contributed by atoms with Crippen LogP contribution in [0.1, 0.15) is 60.7 Å². The fraction of sp³-hybridized carbons (Fsp3) is 0.438. The third-order valence-electron chi connectivity index (χ3n) is 8.17. The molecule has 6 heteroatoms. The third-order valence-corrected chi connectivity index (χ3v) is 9.33. The van der Waals surface area contributed by atoms with Gasteiger partial charge in [-0.2, -0.15) is 0 Å². The Morgan fingerprint density at radius 1 is 0.921 bits per heavy atom. The zero-order valence-electron chi connectivity index (χ0n) is 22.5. The van der Waals surface area contributed by atoms with Crippen molar-refractivity contribution in [3.63, 3.8) is 0 Å². The summed E-state index contributed by atoms with van der Waals surface area (Å²) in [6.45, 7) is 5.05. The number of ether oxygens (including phenoxy) is 1. The van der Waals surface area contributed by atoms with Crippen molar-refractivity contribution in [2.45, 2.75) is 58.0 Å². The minimum Gasteiger partial charge on any atom is -0.465 e. The number of hydrogen-bond donors (Lipinski definition) is 0. The smallest absolute Gasteiger partial charge is 0.350 e. The molecule has 2 fully saturated rings. The van der Waals surface area contributed by atoms with E-state index in [4.69, 9.17) is 4.74 Å². The van der Waals surface area contributed by atoms with Crippen molar-refractivity contribution in [1.82, 2.24) is 4.90 Å². The molecule has 5 nitrogen and oxygen atoms in total. The molecule has 1 aromatic heterocycles. The maximum atomic E-state index is 14.3. The van der Waals surface area contributed by atoms with Crippen LogP contribution in [0.4, 0.5) is 5.69 Å². The predicted octanol–water partition coefficient (Wildman–Crippen LogP) is 7.03. The van der Waals surface area contributed by atoms with Gasteiger partial charge in [-0.25, -0.2) is 4.79 Å². The topological polar surface area (TPSA) is 49.9 Å². The molecular formula is C32H38N2O3S. The van der Waals surface area contributed by atoms with Crippen molar-refractivity contribution in [3.8, 4) is 10.4 Å². The molecule has 0 bridgehead atoms. The minimum absolute atomic E-state index is 0.0131. The lowest BCUT2D eigenvalue weighted by molar-refractivity contribution is -0.124. The summed E-state index contributed by atoms with van der Waals surface area (Å²) in [4.78, 5) is 33.2. The molecule has 2 heterocycles. The van der Waals surface area contributed by atoms with Gasteiger partial charge in [0.25, 0.3) is 0 Å². The number of methoxy groups -OCH3 is 1. The Morgan fingerprint density at radius 3 is 2.18 bits per heavy atom. The summed E-state index contributed by atoms with van der Waals surface area (Å²) in [6.07, 6.45) is 5.79. The lowest BCUT2D eigenvalue weighted by atomic mass is 9.82. The number of nitrogens with zero attached hydrogens (tertiary/aromatic N) is 2.